The van der Waals surface area contributed by atoms with E-state index in [1.807, 2.05) is 24.3 Å². The predicted molar refractivity (Wildman–Crippen MR) is 67.6 cm³/mol. The maximum Gasteiger partial charge on any atom is 0.0930 e. The number of nitrogens with one attached hydrogen (secondary N) is 1. The minimum atomic E-state index is 0.319. The van der Waals surface area contributed by atoms with Gasteiger partial charge in [-0.2, -0.15) is 5.26 Å². The summed E-state index contributed by atoms with van der Waals surface area (Å²) in [4.78, 5) is 0. The topological polar surface area (TPSA) is 61.8 Å². The van der Waals surface area contributed by atoms with Crippen molar-refractivity contribution in [1.82, 2.24) is 0 Å². The van der Waals surface area contributed by atoms with Gasteiger partial charge in [0.1, 0.15) is 0 Å². The molecule has 16 heavy (non-hydrogen) atoms. The van der Waals surface area contributed by atoms with Gasteiger partial charge in [-0.3, -0.25) is 0 Å². The molecule has 0 aromatic heterocycles. The first-order valence-corrected chi connectivity index (χ1v) is 5.40. The summed E-state index contributed by atoms with van der Waals surface area (Å²) in [5.41, 5.74) is 8.28. The summed E-state index contributed by atoms with van der Waals surface area (Å²) in [7, 11) is 0. The lowest BCUT2D eigenvalue weighted by Crippen LogP contribution is -2.09. The molecule has 0 aliphatic rings. The number of hydrogen-bond donors (Lipinski definition) is 2. The Morgan fingerprint density at radius 2 is 2.25 bits per heavy atom. The quantitative estimate of drug-likeness (QED) is 0.599. The van der Waals surface area contributed by atoms with E-state index in [2.05, 4.69) is 25.2 Å². The highest BCUT2D eigenvalue weighted by Crippen LogP contribution is 2.22. The maximum absolute atomic E-state index is 8.73. The van der Waals surface area contributed by atoms with Gasteiger partial charge in [-0.1, -0.05) is 26.0 Å². The fraction of sp³-hybridized carbons (Fsp3) is 0.308. The van der Waals surface area contributed by atoms with Crippen LogP contribution in [0.3, 0.4) is 0 Å². The Morgan fingerprint density at radius 3 is 2.81 bits per heavy atom. The number of anilines is 2. The van der Waals surface area contributed by atoms with Gasteiger partial charge in [0, 0.05) is 11.8 Å². The van der Waals surface area contributed by atoms with Crippen LogP contribution in [0.5, 0.6) is 0 Å². The lowest BCUT2D eigenvalue weighted by Gasteiger charge is -2.16. The number of nitrogens with two attached hydrogens (primary N) is 1. The summed E-state index contributed by atoms with van der Waals surface area (Å²) < 4.78 is 0. The van der Waals surface area contributed by atoms with E-state index in [1.54, 1.807) is 6.08 Å². The third-order valence-corrected chi connectivity index (χ3v) is 2.60. The van der Waals surface area contributed by atoms with Crippen LogP contribution in [0.25, 0.3) is 0 Å². The Hall–Kier alpha value is -1.95. The van der Waals surface area contributed by atoms with Gasteiger partial charge in [0.05, 0.1) is 17.4 Å². The smallest absolute Gasteiger partial charge is 0.0930 e. The van der Waals surface area contributed by atoms with Crippen LogP contribution >= 0.6 is 0 Å². The summed E-state index contributed by atoms with van der Waals surface area (Å²) in [6.07, 6.45) is 2.52. The molecule has 3 heteroatoms. The highest BCUT2D eigenvalue weighted by molar-refractivity contribution is 5.68. The van der Waals surface area contributed by atoms with Crippen LogP contribution < -0.4 is 11.1 Å². The Morgan fingerprint density at radius 1 is 1.56 bits per heavy atom. The van der Waals surface area contributed by atoms with Gasteiger partial charge in [-0.15, -0.1) is 0 Å². The van der Waals surface area contributed by atoms with E-state index < -0.39 is 0 Å². The Kier molecular flexibility index (Phi) is 4.41. The molecule has 84 valence electrons. The predicted octanol–water partition coefficient (Wildman–Crippen LogP) is 3.13. The lowest BCUT2D eigenvalue weighted by molar-refractivity contribution is 0.660. The van der Waals surface area contributed by atoms with Crippen molar-refractivity contribution in [3.63, 3.8) is 0 Å². The van der Waals surface area contributed by atoms with Gasteiger partial charge in [-0.05, 0) is 24.5 Å². The third-order valence-electron chi connectivity index (χ3n) is 2.60. The summed E-state index contributed by atoms with van der Waals surface area (Å²) in [6.45, 7) is 4.17. The SMILES string of the molecule is CCC(C)/C(=C\C#N)Nc1ccccc1N. The minimum absolute atomic E-state index is 0.319. The number of hydrogen-bond acceptors (Lipinski definition) is 3. The summed E-state index contributed by atoms with van der Waals surface area (Å²) in [5.74, 6) is 0.319. The number of nitrogen functional groups attached to an aromatic ring is 1. The zero-order chi connectivity index (χ0) is 12.0. The highest BCUT2D eigenvalue weighted by Gasteiger charge is 2.07. The van der Waals surface area contributed by atoms with Crippen molar-refractivity contribution in [2.75, 3.05) is 11.1 Å². The van der Waals surface area contributed by atoms with E-state index in [4.69, 9.17) is 11.0 Å². The molecule has 0 saturated heterocycles. The average molecular weight is 215 g/mol. The Labute approximate surface area is 96.6 Å². The largest absolute Gasteiger partial charge is 0.397 e. The molecule has 0 spiro atoms. The van der Waals surface area contributed by atoms with Crippen LogP contribution in [0.4, 0.5) is 11.4 Å². The van der Waals surface area contributed by atoms with Gasteiger partial charge in [-0.25, -0.2) is 0 Å². The van der Waals surface area contributed by atoms with Crippen molar-refractivity contribution in [2.45, 2.75) is 20.3 Å². The zero-order valence-electron chi connectivity index (χ0n) is 9.70. The van der Waals surface area contributed by atoms with Crippen molar-refractivity contribution < 1.29 is 0 Å². The monoisotopic (exact) mass is 215 g/mol. The molecule has 0 heterocycles. The van der Waals surface area contributed by atoms with Crippen LogP contribution in [0, 0.1) is 17.2 Å². The lowest BCUT2D eigenvalue weighted by atomic mass is 10.0. The van der Waals surface area contributed by atoms with Gasteiger partial charge in [0.2, 0.25) is 0 Å². The third kappa shape index (κ3) is 3.03. The first-order valence-electron chi connectivity index (χ1n) is 5.40. The molecular weight excluding hydrogens is 198 g/mol. The van der Waals surface area contributed by atoms with Crippen molar-refractivity contribution in [3.05, 3.63) is 36.0 Å². The van der Waals surface area contributed by atoms with Crippen LogP contribution in [-0.4, -0.2) is 0 Å². The van der Waals surface area contributed by atoms with E-state index in [0.29, 0.717) is 11.6 Å². The van der Waals surface area contributed by atoms with Crippen molar-refractivity contribution >= 4 is 11.4 Å². The molecule has 1 aromatic rings. The van der Waals surface area contributed by atoms with Crippen molar-refractivity contribution in [1.29, 1.82) is 5.26 Å². The van der Waals surface area contributed by atoms with Gasteiger partial charge in [0.15, 0.2) is 0 Å². The van der Waals surface area contributed by atoms with Crippen molar-refractivity contribution in [3.8, 4) is 6.07 Å². The molecule has 0 aliphatic carbocycles. The van der Waals surface area contributed by atoms with Crippen LogP contribution in [0.15, 0.2) is 36.0 Å². The van der Waals surface area contributed by atoms with E-state index in [9.17, 15) is 0 Å². The Bertz CT molecular complexity index is 415. The fourth-order valence-corrected chi connectivity index (χ4v) is 1.36. The second kappa shape index (κ2) is 5.82. The molecule has 0 radical (unpaired) electrons. The van der Waals surface area contributed by atoms with Gasteiger partial charge < -0.3 is 11.1 Å². The number of nitrogens with zero attached hydrogens (tertiary/aromatic N) is 1. The number of rotatable bonds is 4. The molecule has 0 saturated carbocycles. The molecule has 0 fully saturated rings. The number of para-hydroxylation sites is 2. The van der Waals surface area contributed by atoms with Gasteiger partial charge >= 0.3 is 0 Å². The van der Waals surface area contributed by atoms with E-state index in [-0.39, 0.29) is 0 Å². The molecule has 1 atom stereocenters. The maximum atomic E-state index is 8.73. The Balaban J connectivity index is 2.90. The number of allylic oxidation sites excluding steroid dienone is 2. The molecule has 1 rings (SSSR count). The van der Waals surface area contributed by atoms with Gasteiger partial charge in [0.25, 0.3) is 0 Å². The first-order chi connectivity index (χ1) is 7.69. The van der Waals surface area contributed by atoms with E-state index in [1.165, 1.54) is 0 Å². The van der Waals surface area contributed by atoms with Crippen LogP contribution in [0.1, 0.15) is 20.3 Å². The average Bonchev–Trinajstić information content (AvgIpc) is 2.30. The molecule has 0 aliphatic heterocycles. The highest BCUT2D eigenvalue weighted by atomic mass is 14.9. The molecule has 3 nitrogen and oxygen atoms in total. The normalized spacial score (nSPS) is 12.9. The van der Waals surface area contributed by atoms with Crippen LogP contribution in [-0.2, 0) is 0 Å². The minimum Gasteiger partial charge on any atom is -0.397 e. The van der Waals surface area contributed by atoms with Crippen molar-refractivity contribution in [2.24, 2.45) is 5.92 Å². The summed E-state index contributed by atoms with van der Waals surface area (Å²) in [6, 6.07) is 9.60. The summed E-state index contributed by atoms with van der Waals surface area (Å²) >= 11 is 0. The molecule has 0 amide bonds. The molecule has 0 bridgehead atoms. The summed E-state index contributed by atoms with van der Waals surface area (Å²) in [5, 5.41) is 11.9. The fourth-order valence-electron chi connectivity index (χ4n) is 1.36. The standard InChI is InChI=1S/C13H17N3/c1-3-10(2)12(8-9-14)16-13-7-5-4-6-11(13)15/h4-8,10,16H,3,15H2,1-2H3/b12-8+. The molecular formula is C13H17N3. The van der Waals surface area contributed by atoms with E-state index >= 15 is 0 Å². The molecule has 1 unspecified atom stereocenters. The molecule has 1 aromatic carbocycles. The second-order valence-electron chi connectivity index (χ2n) is 3.75. The molecule has 3 N–H and O–H groups in total. The zero-order valence-corrected chi connectivity index (χ0v) is 9.70. The number of nitriles is 1. The van der Waals surface area contributed by atoms with E-state index in [0.717, 1.165) is 17.8 Å². The second-order valence-corrected chi connectivity index (χ2v) is 3.75. The van der Waals surface area contributed by atoms with Crippen LogP contribution in [0.2, 0.25) is 0 Å². The number of benzene rings is 1. The first kappa shape index (κ1) is 12.1.